The second-order valence-corrected chi connectivity index (χ2v) is 10.1. The molecule has 158 valence electrons. The molecule has 0 aliphatic heterocycles. The van der Waals surface area contributed by atoms with E-state index in [1.165, 1.54) is 30.4 Å². The molecule has 1 heterocycles. The molecule has 0 N–H and O–H groups in total. The van der Waals surface area contributed by atoms with Crippen molar-refractivity contribution in [3.05, 3.63) is 64.2 Å². The van der Waals surface area contributed by atoms with E-state index in [1.54, 1.807) is 17.0 Å². The normalized spacial score (nSPS) is 11.4. The van der Waals surface area contributed by atoms with E-state index in [0.717, 1.165) is 28.6 Å². The number of amides is 1. The first-order valence-electron chi connectivity index (χ1n) is 9.32. The van der Waals surface area contributed by atoms with Crippen LogP contribution in [0.5, 0.6) is 5.75 Å². The summed E-state index contributed by atoms with van der Waals surface area (Å²) in [7, 11) is -3.24. The van der Waals surface area contributed by atoms with Crippen LogP contribution in [-0.4, -0.2) is 25.6 Å². The fourth-order valence-corrected chi connectivity index (χ4v) is 4.81. The lowest BCUT2D eigenvalue weighted by Gasteiger charge is -2.23. The third kappa shape index (κ3) is 4.88. The number of carbonyl (C=O) groups is 1. The van der Waals surface area contributed by atoms with Crippen molar-refractivity contribution < 1.29 is 17.9 Å². The average molecular weight is 445 g/mol. The van der Waals surface area contributed by atoms with Crippen LogP contribution >= 0.6 is 11.3 Å². The summed E-state index contributed by atoms with van der Waals surface area (Å²) in [4.78, 5) is 18.9. The van der Waals surface area contributed by atoms with Gasteiger partial charge in [-0.2, -0.15) is 0 Å². The van der Waals surface area contributed by atoms with Gasteiger partial charge in [0.1, 0.15) is 12.4 Å². The van der Waals surface area contributed by atoms with E-state index in [2.05, 4.69) is 17.1 Å². The quantitative estimate of drug-likeness (QED) is 0.549. The molecule has 2 aromatic carbocycles. The molecule has 0 radical (unpaired) electrons. The summed E-state index contributed by atoms with van der Waals surface area (Å²) in [6, 6.07) is 10.4. The van der Waals surface area contributed by atoms with Crippen molar-refractivity contribution in [2.75, 3.05) is 11.2 Å². The molecule has 3 rings (SSSR count). The number of benzene rings is 2. The van der Waals surface area contributed by atoms with E-state index >= 15 is 0 Å². The third-order valence-electron chi connectivity index (χ3n) is 4.54. The zero-order valence-electron chi connectivity index (χ0n) is 17.6. The second kappa shape index (κ2) is 8.57. The van der Waals surface area contributed by atoms with Crippen LogP contribution in [0.2, 0.25) is 0 Å². The van der Waals surface area contributed by atoms with Crippen LogP contribution in [0.4, 0.5) is 10.8 Å². The molecule has 0 unspecified atom stereocenters. The van der Waals surface area contributed by atoms with Gasteiger partial charge in [-0.25, -0.2) is 13.4 Å². The van der Waals surface area contributed by atoms with Gasteiger partial charge >= 0.3 is 0 Å². The molecule has 1 aromatic heterocycles. The Bertz CT molecular complexity index is 1160. The fourth-order valence-electron chi connectivity index (χ4n) is 3.32. The average Bonchev–Trinajstić information content (AvgIpc) is 3.10. The van der Waals surface area contributed by atoms with Crippen molar-refractivity contribution in [3.8, 4) is 5.75 Å². The standard InChI is InChI=1S/C22H24N2O4S2/c1-14-10-15(2)21(16(3)11-14)24(17(4)25)22-23-18(13-29-22)12-28-19-6-8-20(9-7-19)30(5,26)27/h6-11,13H,12H2,1-5H3. The molecular formula is C22H24N2O4S2. The SMILES string of the molecule is CC(=O)N(c1nc(COc2ccc(S(C)(=O)=O)cc2)cs1)c1c(C)cc(C)cc1C. The molecule has 6 nitrogen and oxygen atoms in total. The van der Waals surface area contributed by atoms with E-state index in [4.69, 9.17) is 4.74 Å². The van der Waals surface area contributed by atoms with E-state index < -0.39 is 9.84 Å². The Morgan fingerprint density at radius 3 is 2.23 bits per heavy atom. The lowest BCUT2D eigenvalue weighted by atomic mass is 10.0. The summed E-state index contributed by atoms with van der Waals surface area (Å²) < 4.78 is 28.8. The predicted octanol–water partition coefficient (Wildman–Crippen LogP) is 4.74. The second-order valence-electron chi connectivity index (χ2n) is 7.26. The number of ether oxygens (including phenoxy) is 1. The van der Waals surface area contributed by atoms with Crippen molar-refractivity contribution in [1.82, 2.24) is 4.98 Å². The number of nitrogens with zero attached hydrogens (tertiary/aromatic N) is 2. The summed E-state index contributed by atoms with van der Waals surface area (Å²) in [5.41, 5.74) is 4.72. The smallest absolute Gasteiger partial charge is 0.230 e. The molecule has 0 aliphatic rings. The molecule has 0 bridgehead atoms. The molecular weight excluding hydrogens is 420 g/mol. The Morgan fingerprint density at radius 1 is 1.10 bits per heavy atom. The van der Waals surface area contributed by atoms with Gasteiger partial charge in [0.05, 0.1) is 16.3 Å². The number of hydrogen-bond donors (Lipinski definition) is 0. The Morgan fingerprint density at radius 2 is 1.70 bits per heavy atom. The van der Waals surface area contributed by atoms with Crippen molar-refractivity contribution in [2.24, 2.45) is 0 Å². The number of aromatic nitrogens is 1. The van der Waals surface area contributed by atoms with E-state index in [-0.39, 0.29) is 17.4 Å². The van der Waals surface area contributed by atoms with Crippen molar-refractivity contribution in [2.45, 2.75) is 39.2 Å². The highest BCUT2D eigenvalue weighted by Crippen LogP contribution is 2.34. The van der Waals surface area contributed by atoms with Gasteiger partial charge in [0.25, 0.3) is 0 Å². The highest BCUT2D eigenvalue weighted by Gasteiger charge is 2.22. The molecule has 0 atom stereocenters. The Balaban J connectivity index is 1.80. The minimum Gasteiger partial charge on any atom is -0.487 e. The molecule has 0 saturated heterocycles. The van der Waals surface area contributed by atoms with E-state index in [1.807, 2.05) is 26.2 Å². The van der Waals surface area contributed by atoms with Crippen LogP contribution in [0.25, 0.3) is 0 Å². The maximum Gasteiger partial charge on any atom is 0.230 e. The Kier molecular flexibility index (Phi) is 6.28. The van der Waals surface area contributed by atoms with Crippen LogP contribution in [0.1, 0.15) is 29.3 Å². The van der Waals surface area contributed by atoms with Crippen LogP contribution in [0, 0.1) is 20.8 Å². The molecule has 8 heteroatoms. The minimum atomic E-state index is -3.24. The zero-order valence-corrected chi connectivity index (χ0v) is 19.2. The van der Waals surface area contributed by atoms with Gasteiger partial charge in [0.15, 0.2) is 15.0 Å². The molecule has 0 saturated carbocycles. The summed E-state index contributed by atoms with van der Waals surface area (Å²) in [6.07, 6.45) is 1.16. The van der Waals surface area contributed by atoms with Crippen molar-refractivity contribution in [3.63, 3.8) is 0 Å². The van der Waals surface area contributed by atoms with Crippen LogP contribution in [0.3, 0.4) is 0 Å². The van der Waals surface area contributed by atoms with Gasteiger partial charge in [-0.15, -0.1) is 11.3 Å². The van der Waals surface area contributed by atoms with E-state index in [0.29, 0.717) is 16.6 Å². The highest BCUT2D eigenvalue weighted by molar-refractivity contribution is 7.90. The maximum atomic E-state index is 12.4. The first kappa shape index (κ1) is 22.0. The zero-order chi connectivity index (χ0) is 22.1. The minimum absolute atomic E-state index is 0.108. The van der Waals surface area contributed by atoms with Gasteiger partial charge in [0.2, 0.25) is 5.91 Å². The number of thiazole rings is 1. The first-order chi connectivity index (χ1) is 14.1. The first-order valence-corrected chi connectivity index (χ1v) is 12.1. The van der Waals surface area contributed by atoms with Crippen molar-refractivity contribution in [1.29, 1.82) is 0 Å². The van der Waals surface area contributed by atoms with Gasteiger partial charge < -0.3 is 4.74 Å². The number of anilines is 2. The summed E-state index contributed by atoms with van der Waals surface area (Å²) in [5.74, 6) is 0.439. The molecule has 30 heavy (non-hydrogen) atoms. The molecule has 1 amide bonds. The number of aryl methyl sites for hydroxylation is 3. The summed E-state index contributed by atoms with van der Waals surface area (Å²) in [6.45, 7) is 7.75. The molecule has 3 aromatic rings. The lowest BCUT2D eigenvalue weighted by Crippen LogP contribution is -2.24. The number of sulfone groups is 1. The number of rotatable bonds is 6. The van der Waals surface area contributed by atoms with Gasteiger partial charge in [-0.3, -0.25) is 9.69 Å². The van der Waals surface area contributed by atoms with Crippen LogP contribution in [-0.2, 0) is 21.2 Å². The largest absolute Gasteiger partial charge is 0.487 e. The summed E-state index contributed by atoms with van der Waals surface area (Å²) >= 11 is 1.38. The lowest BCUT2D eigenvalue weighted by molar-refractivity contribution is -0.115. The van der Waals surface area contributed by atoms with Crippen LogP contribution in [0.15, 0.2) is 46.7 Å². The van der Waals surface area contributed by atoms with Gasteiger partial charge in [-0.05, 0) is 56.2 Å². The molecule has 0 spiro atoms. The highest BCUT2D eigenvalue weighted by atomic mass is 32.2. The Labute approximate surface area is 181 Å². The maximum absolute atomic E-state index is 12.4. The number of carbonyl (C=O) groups excluding carboxylic acids is 1. The fraction of sp³-hybridized carbons (Fsp3) is 0.273. The summed E-state index contributed by atoms with van der Waals surface area (Å²) in [5, 5.41) is 2.44. The third-order valence-corrected chi connectivity index (χ3v) is 6.55. The van der Waals surface area contributed by atoms with Crippen LogP contribution < -0.4 is 9.64 Å². The monoisotopic (exact) mass is 444 g/mol. The van der Waals surface area contributed by atoms with Gasteiger partial charge in [0, 0.05) is 18.6 Å². The van der Waals surface area contributed by atoms with Gasteiger partial charge in [-0.1, -0.05) is 17.7 Å². The number of hydrogen-bond acceptors (Lipinski definition) is 6. The topological polar surface area (TPSA) is 76.6 Å². The Hall–Kier alpha value is -2.71. The molecule has 0 fully saturated rings. The van der Waals surface area contributed by atoms with Crippen molar-refractivity contribution >= 4 is 37.9 Å². The molecule has 0 aliphatic carbocycles. The van der Waals surface area contributed by atoms with E-state index in [9.17, 15) is 13.2 Å². The predicted molar refractivity (Wildman–Crippen MR) is 119 cm³/mol.